The molecule has 0 bridgehead atoms. The molecule has 0 atom stereocenters. The zero-order chi connectivity index (χ0) is 26.3. The van der Waals surface area contributed by atoms with Gasteiger partial charge in [0.2, 0.25) is 11.3 Å². The smallest absolute Gasteiger partial charge is 0.360 e. The average molecular weight is 507 g/mol. The molecule has 2 rings (SSSR count). The number of anilines is 1. The van der Waals surface area contributed by atoms with Gasteiger partial charge in [-0.1, -0.05) is 5.16 Å². The molecular weight excluding hydrogens is 486 g/mol. The summed E-state index contributed by atoms with van der Waals surface area (Å²) in [5, 5.41) is 14.3. The number of thiazole rings is 1. The number of hydrogen-bond donors (Lipinski definition) is 4. The number of hydrazine groups is 1. The number of aromatic nitrogens is 1. The molecule has 0 saturated carbocycles. The first kappa shape index (κ1) is 26.7. The molecule has 1 aromatic heterocycles. The van der Waals surface area contributed by atoms with Crippen LogP contribution in [0.25, 0.3) is 0 Å². The highest BCUT2D eigenvalue weighted by atomic mass is 32.1. The topological polar surface area (TPSA) is 209 Å². The molecule has 0 saturated heterocycles. The minimum Gasteiger partial charge on any atom is -0.476 e. The van der Waals surface area contributed by atoms with Crippen molar-refractivity contribution in [3.63, 3.8) is 0 Å². The summed E-state index contributed by atoms with van der Waals surface area (Å²) < 4.78 is 9.87. The van der Waals surface area contributed by atoms with Crippen LogP contribution in [0.1, 0.15) is 43.7 Å². The Morgan fingerprint density at radius 3 is 2.23 bits per heavy atom. The summed E-state index contributed by atoms with van der Waals surface area (Å²) >= 11 is 0.995. The molecule has 1 aromatic carbocycles. The molecular formula is C20H21N5O9S. The second-order valence-electron chi connectivity index (χ2n) is 7.17. The number of nitrogen functional groups attached to an aromatic ring is 1. The predicted molar refractivity (Wildman–Crippen MR) is 121 cm³/mol. The van der Waals surface area contributed by atoms with Crippen LogP contribution >= 0.6 is 11.3 Å². The number of ether oxygens (including phenoxy) is 2. The van der Waals surface area contributed by atoms with Gasteiger partial charge in [0.05, 0.1) is 0 Å². The molecule has 0 aliphatic rings. The van der Waals surface area contributed by atoms with Crippen LogP contribution in [0.15, 0.2) is 28.7 Å². The minimum absolute atomic E-state index is 0.0507. The molecule has 35 heavy (non-hydrogen) atoms. The Bertz CT molecular complexity index is 1210. The highest BCUT2D eigenvalue weighted by Crippen LogP contribution is 2.29. The summed E-state index contributed by atoms with van der Waals surface area (Å²) in [5.41, 5.74) is 7.34. The largest absolute Gasteiger partial charge is 0.476 e. The van der Waals surface area contributed by atoms with Crippen LogP contribution in [0.4, 0.5) is 5.13 Å². The number of carboxylic acid groups (broad SMARTS) is 1. The maximum atomic E-state index is 12.5. The highest BCUT2D eigenvalue weighted by molar-refractivity contribution is 7.13. The number of oxime groups is 1. The van der Waals surface area contributed by atoms with Crippen molar-refractivity contribution >= 4 is 51.9 Å². The van der Waals surface area contributed by atoms with Crippen LogP contribution in [-0.2, 0) is 24.0 Å². The molecule has 2 aromatic rings. The number of hydrogen-bond acceptors (Lipinski definition) is 12. The van der Waals surface area contributed by atoms with Crippen LogP contribution < -0.4 is 26.1 Å². The van der Waals surface area contributed by atoms with Crippen LogP contribution in [0.2, 0.25) is 0 Å². The van der Waals surface area contributed by atoms with Gasteiger partial charge in [0.25, 0.3) is 11.8 Å². The minimum atomic E-state index is -1.72. The first-order valence-electron chi connectivity index (χ1n) is 9.62. The standard InChI is InChI=1S/C20H21N5O9S/c1-9(26)32-13-6-5-11(7-14(13)33-10(2)27)16(28)23-24-18(31)20(3,4)34-25-15(17(29)30)12-8-35-19(21)22-12/h5-8H,1-4H3,(H2,21,22)(H,23,28)(H,24,31)(H,29,30)/b25-15-. The normalized spacial score (nSPS) is 11.3. The Labute approximate surface area is 202 Å². The van der Waals surface area contributed by atoms with E-state index in [0.717, 1.165) is 31.3 Å². The van der Waals surface area contributed by atoms with E-state index in [-0.39, 0.29) is 27.9 Å². The monoisotopic (exact) mass is 507 g/mol. The third-order valence-electron chi connectivity index (χ3n) is 3.88. The number of nitrogens with two attached hydrogens (primary N) is 1. The molecule has 0 radical (unpaired) electrons. The average Bonchev–Trinajstić information content (AvgIpc) is 3.17. The lowest BCUT2D eigenvalue weighted by Gasteiger charge is -2.21. The molecule has 5 N–H and O–H groups in total. The fraction of sp³-hybridized carbons (Fsp3) is 0.250. The van der Waals surface area contributed by atoms with Gasteiger partial charge in [0, 0.05) is 24.8 Å². The zero-order valence-electron chi connectivity index (χ0n) is 18.9. The van der Waals surface area contributed by atoms with Crippen molar-refractivity contribution in [2.75, 3.05) is 5.73 Å². The third-order valence-corrected chi connectivity index (χ3v) is 4.56. The van der Waals surface area contributed by atoms with Crippen molar-refractivity contribution in [2.45, 2.75) is 33.3 Å². The van der Waals surface area contributed by atoms with Crippen molar-refractivity contribution in [2.24, 2.45) is 5.16 Å². The van der Waals surface area contributed by atoms with E-state index in [1.165, 1.54) is 31.4 Å². The number of esters is 2. The summed E-state index contributed by atoms with van der Waals surface area (Å²) in [5.74, 6) is -4.81. The SMILES string of the molecule is CC(=O)Oc1ccc(C(=O)NNC(=O)C(C)(C)O/N=C(\C(=O)O)c2csc(N)n2)cc1OC(C)=O. The number of benzene rings is 1. The molecule has 0 aliphatic heterocycles. The van der Waals surface area contributed by atoms with E-state index in [2.05, 4.69) is 21.0 Å². The summed E-state index contributed by atoms with van der Waals surface area (Å²) in [6, 6.07) is 3.63. The molecule has 15 heteroatoms. The number of carbonyl (C=O) groups is 5. The first-order valence-corrected chi connectivity index (χ1v) is 10.5. The van der Waals surface area contributed by atoms with E-state index in [9.17, 15) is 29.1 Å². The molecule has 2 amide bonds. The summed E-state index contributed by atoms with van der Waals surface area (Å²) in [6.07, 6.45) is 0. The van der Waals surface area contributed by atoms with Crippen LogP contribution in [0.5, 0.6) is 11.5 Å². The lowest BCUT2D eigenvalue weighted by atomic mass is 10.1. The number of carboxylic acids is 1. The summed E-state index contributed by atoms with van der Waals surface area (Å²) in [6.45, 7) is 4.82. The fourth-order valence-electron chi connectivity index (χ4n) is 2.25. The molecule has 1 heterocycles. The van der Waals surface area contributed by atoms with Gasteiger partial charge in [0.1, 0.15) is 5.69 Å². The van der Waals surface area contributed by atoms with Gasteiger partial charge in [-0.3, -0.25) is 30.0 Å². The van der Waals surface area contributed by atoms with Crippen molar-refractivity contribution in [3.05, 3.63) is 34.8 Å². The van der Waals surface area contributed by atoms with Gasteiger partial charge in [-0.25, -0.2) is 9.78 Å². The number of rotatable bonds is 8. The number of amides is 2. The summed E-state index contributed by atoms with van der Waals surface area (Å²) in [4.78, 5) is 67.8. The molecule has 0 aliphatic carbocycles. The number of nitrogens with zero attached hydrogens (tertiary/aromatic N) is 2. The highest BCUT2D eigenvalue weighted by Gasteiger charge is 2.32. The lowest BCUT2D eigenvalue weighted by molar-refractivity contribution is -0.144. The van der Waals surface area contributed by atoms with Gasteiger partial charge >= 0.3 is 17.9 Å². The second kappa shape index (κ2) is 11.1. The van der Waals surface area contributed by atoms with Crippen molar-refractivity contribution in [1.82, 2.24) is 15.8 Å². The summed E-state index contributed by atoms with van der Waals surface area (Å²) in [7, 11) is 0. The Balaban J connectivity index is 2.10. The number of nitrogens with one attached hydrogen (secondary N) is 2. The van der Waals surface area contributed by atoms with Crippen molar-refractivity contribution < 1.29 is 43.4 Å². The number of carbonyl (C=O) groups excluding carboxylic acids is 4. The van der Waals surface area contributed by atoms with E-state index >= 15 is 0 Å². The second-order valence-corrected chi connectivity index (χ2v) is 8.06. The fourth-order valence-corrected chi connectivity index (χ4v) is 2.80. The van der Waals surface area contributed by atoms with Gasteiger partial charge in [-0.2, -0.15) is 0 Å². The maximum absolute atomic E-state index is 12.5. The van der Waals surface area contributed by atoms with E-state index in [0.29, 0.717) is 0 Å². The van der Waals surface area contributed by atoms with E-state index in [4.69, 9.17) is 20.0 Å². The van der Waals surface area contributed by atoms with Gasteiger partial charge in [0.15, 0.2) is 16.6 Å². The Morgan fingerprint density at radius 1 is 1.06 bits per heavy atom. The van der Waals surface area contributed by atoms with Gasteiger partial charge in [-0.05, 0) is 32.0 Å². The molecule has 14 nitrogen and oxygen atoms in total. The third kappa shape index (κ3) is 7.50. The van der Waals surface area contributed by atoms with Crippen LogP contribution in [0, 0.1) is 0 Å². The van der Waals surface area contributed by atoms with Crippen molar-refractivity contribution in [3.8, 4) is 11.5 Å². The van der Waals surface area contributed by atoms with E-state index < -0.39 is 41.0 Å². The molecule has 0 fully saturated rings. The van der Waals surface area contributed by atoms with Gasteiger partial charge in [-0.15, -0.1) is 11.3 Å². The van der Waals surface area contributed by atoms with Crippen LogP contribution in [0.3, 0.4) is 0 Å². The van der Waals surface area contributed by atoms with Crippen LogP contribution in [-0.4, -0.2) is 51.1 Å². The van der Waals surface area contributed by atoms with Gasteiger partial charge < -0.3 is 25.2 Å². The number of aliphatic carboxylic acids is 1. The van der Waals surface area contributed by atoms with E-state index in [1.54, 1.807) is 0 Å². The lowest BCUT2D eigenvalue weighted by Crippen LogP contribution is -2.51. The Morgan fingerprint density at radius 2 is 1.69 bits per heavy atom. The first-order chi connectivity index (χ1) is 16.3. The molecule has 0 unspecified atom stereocenters. The van der Waals surface area contributed by atoms with E-state index in [1.807, 2.05) is 0 Å². The maximum Gasteiger partial charge on any atom is 0.360 e. The quantitative estimate of drug-likeness (QED) is 0.168. The molecule has 186 valence electrons. The zero-order valence-corrected chi connectivity index (χ0v) is 19.7. The Kier molecular flexibility index (Phi) is 8.44. The Hall–Kier alpha value is -4.53. The predicted octanol–water partition coefficient (Wildman–Crippen LogP) is 0.621. The van der Waals surface area contributed by atoms with Crippen molar-refractivity contribution in [1.29, 1.82) is 0 Å². The molecule has 0 spiro atoms.